The van der Waals surface area contributed by atoms with Gasteiger partial charge in [0.2, 0.25) is 0 Å². The molecular weight excluding hydrogens is 292 g/mol. The van der Waals surface area contributed by atoms with E-state index in [1.165, 1.54) is 6.07 Å². The lowest BCUT2D eigenvalue weighted by atomic mass is 9.97. The first-order valence-corrected chi connectivity index (χ1v) is 7.90. The summed E-state index contributed by atoms with van der Waals surface area (Å²) in [6.07, 6.45) is 0.955. The summed E-state index contributed by atoms with van der Waals surface area (Å²) in [5.41, 5.74) is 1.80. The molecule has 2 nitrogen and oxygen atoms in total. The lowest BCUT2D eigenvalue weighted by Gasteiger charge is -2.17. The highest BCUT2D eigenvalue weighted by molar-refractivity contribution is 7.92. The fourth-order valence-corrected chi connectivity index (χ4v) is 2.90. The van der Waals surface area contributed by atoms with Crippen molar-refractivity contribution < 1.29 is 13.3 Å². The van der Waals surface area contributed by atoms with E-state index in [4.69, 9.17) is 0 Å². The highest BCUT2D eigenvalue weighted by atomic mass is 32.2. The largest absolute Gasteiger partial charge is 0.588 e. The van der Waals surface area contributed by atoms with Gasteiger partial charge in [0.05, 0.1) is 5.69 Å². The molecule has 1 N–H and O–H groups in total. The van der Waals surface area contributed by atoms with Crippen molar-refractivity contribution >= 4 is 17.0 Å². The Labute approximate surface area is 126 Å². The number of rotatable bonds is 5. The van der Waals surface area contributed by atoms with Crippen molar-refractivity contribution in [2.75, 3.05) is 4.72 Å². The van der Waals surface area contributed by atoms with Crippen molar-refractivity contribution in [1.82, 2.24) is 0 Å². The van der Waals surface area contributed by atoms with Gasteiger partial charge in [0.15, 0.2) is 16.5 Å². The van der Waals surface area contributed by atoms with E-state index < -0.39 is 23.0 Å². The summed E-state index contributed by atoms with van der Waals surface area (Å²) in [5.74, 6) is -1.63. The van der Waals surface area contributed by atoms with Gasteiger partial charge in [0.1, 0.15) is 11.4 Å². The van der Waals surface area contributed by atoms with Gasteiger partial charge in [-0.25, -0.2) is 13.5 Å². The summed E-state index contributed by atoms with van der Waals surface area (Å²) in [4.78, 5) is 0.202. The highest BCUT2D eigenvalue weighted by Gasteiger charge is 2.17. The summed E-state index contributed by atoms with van der Waals surface area (Å²) in [6, 6.07) is 10.8. The molecule has 2 aromatic carbocycles. The topological polar surface area (TPSA) is 35.1 Å². The molecule has 2 unspecified atom stereocenters. The minimum Gasteiger partial charge on any atom is -0.588 e. The Morgan fingerprint density at radius 2 is 1.86 bits per heavy atom. The minimum atomic E-state index is -1.64. The molecule has 0 fully saturated rings. The average molecular weight is 309 g/mol. The molecule has 0 saturated heterocycles. The van der Waals surface area contributed by atoms with Crippen LogP contribution in [0.15, 0.2) is 47.4 Å². The van der Waals surface area contributed by atoms with Gasteiger partial charge >= 0.3 is 0 Å². The predicted molar refractivity (Wildman–Crippen MR) is 81.5 cm³/mol. The SMILES string of the molecule is CCC(C)c1ccccc1N[S+]([O-])c1ccc(F)c(F)c1. The zero-order valence-electron chi connectivity index (χ0n) is 11.9. The van der Waals surface area contributed by atoms with Crippen LogP contribution in [0.5, 0.6) is 0 Å². The van der Waals surface area contributed by atoms with Gasteiger partial charge in [-0.3, -0.25) is 0 Å². The first-order chi connectivity index (χ1) is 10.0. The van der Waals surface area contributed by atoms with E-state index in [2.05, 4.69) is 18.6 Å². The summed E-state index contributed by atoms with van der Waals surface area (Å²) in [6.45, 7) is 4.16. The van der Waals surface area contributed by atoms with Gasteiger partial charge in [-0.05, 0) is 36.1 Å². The highest BCUT2D eigenvalue weighted by Crippen LogP contribution is 2.28. The molecule has 0 radical (unpaired) electrons. The maximum atomic E-state index is 13.2. The van der Waals surface area contributed by atoms with Crippen molar-refractivity contribution in [1.29, 1.82) is 0 Å². The Morgan fingerprint density at radius 1 is 1.14 bits per heavy atom. The quantitative estimate of drug-likeness (QED) is 0.818. The summed E-state index contributed by atoms with van der Waals surface area (Å²) >= 11 is -1.64. The van der Waals surface area contributed by atoms with Gasteiger partial charge in [-0.2, -0.15) is 0 Å². The van der Waals surface area contributed by atoms with Crippen LogP contribution in [-0.4, -0.2) is 4.55 Å². The lowest BCUT2D eigenvalue weighted by molar-refractivity contribution is 0.504. The maximum absolute atomic E-state index is 13.2. The molecule has 0 spiro atoms. The van der Waals surface area contributed by atoms with E-state index in [1.54, 1.807) is 0 Å². The normalized spacial score (nSPS) is 13.8. The van der Waals surface area contributed by atoms with Gasteiger partial charge < -0.3 is 4.55 Å². The molecule has 0 heterocycles. The van der Waals surface area contributed by atoms with E-state index in [0.29, 0.717) is 5.92 Å². The van der Waals surface area contributed by atoms with E-state index in [9.17, 15) is 13.3 Å². The molecule has 5 heteroatoms. The van der Waals surface area contributed by atoms with Crippen LogP contribution < -0.4 is 4.72 Å². The summed E-state index contributed by atoms with van der Waals surface area (Å²) < 4.78 is 41.2. The predicted octanol–water partition coefficient (Wildman–Crippen LogP) is 4.61. The standard InChI is InChI=1S/C16H17F2NOS/c1-3-11(2)13-6-4-5-7-16(13)19-21(20)12-8-9-14(17)15(18)10-12/h4-11,19H,3H2,1-2H3. The molecule has 2 aromatic rings. The molecule has 0 bridgehead atoms. The number of hydrogen-bond acceptors (Lipinski definition) is 2. The molecular formula is C16H17F2NOS. The van der Waals surface area contributed by atoms with Crippen molar-refractivity contribution in [3.05, 3.63) is 59.7 Å². The summed E-state index contributed by atoms with van der Waals surface area (Å²) in [5, 5.41) is 0. The third-order valence-electron chi connectivity index (χ3n) is 3.41. The Morgan fingerprint density at radius 3 is 2.52 bits per heavy atom. The van der Waals surface area contributed by atoms with Gasteiger partial charge in [0.25, 0.3) is 0 Å². The van der Waals surface area contributed by atoms with Crippen LogP contribution in [0.1, 0.15) is 31.7 Å². The second-order valence-electron chi connectivity index (χ2n) is 4.84. The second kappa shape index (κ2) is 6.91. The van der Waals surface area contributed by atoms with Gasteiger partial charge in [0, 0.05) is 6.07 Å². The molecule has 112 valence electrons. The molecule has 0 amide bonds. The monoisotopic (exact) mass is 309 g/mol. The Hall–Kier alpha value is -1.59. The number of nitrogens with one attached hydrogen (secondary N) is 1. The second-order valence-corrected chi connectivity index (χ2v) is 6.06. The van der Waals surface area contributed by atoms with Crippen LogP contribution in [0, 0.1) is 11.6 Å². The van der Waals surface area contributed by atoms with E-state index >= 15 is 0 Å². The number of anilines is 1. The molecule has 0 aliphatic rings. The molecule has 21 heavy (non-hydrogen) atoms. The number of benzene rings is 2. The zero-order valence-corrected chi connectivity index (χ0v) is 12.7. The van der Waals surface area contributed by atoms with Crippen LogP contribution in [0.2, 0.25) is 0 Å². The first kappa shape index (κ1) is 15.8. The molecule has 2 rings (SSSR count). The van der Waals surface area contributed by atoms with Crippen LogP contribution in [0.3, 0.4) is 0 Å². The molecule has 0 aliphatic carbocycles. The molecule has 0 aliphatic heterocycles. The van der Waals surface area contributed by atoms with Crippen LogP contribution in [-0.2, 0) is 11.4 Å². The third kappa shape index (κ3) is 3.74. The van der Waals surface area contributed by atoms with Crippen LogP contribution in [0.25, 0.3) is 0 Å². The Bertz CT molecular complexity index is 621. The molecule has 0 saturated carbocycles. The van der Waals surface area contributed by atoms with Crippen molar-refractivity contribution in [3.63, 3.8) is 0 Å². The number of halogens is 2. The lowest BCUT2D eigenvalue weighted by Crippen LogP contribution is -2.15. The maximum Gasteiger partial charge on any atom is 0.183 e. The smallest absolute Gasteiger partial charge is 0.183 e. The van der Waals surface area contributed by atoms with E-state index in [0.717, 1.165) is 29.8 Å². The number of hydrogen-bond donors (Lipinski definition) is 1. The van der Waals surface area contributed by atoms with Crippen LogP contribution >= 0.6 is 0 Å². The minimum absolute atomic E-state index is 0.202. The third-order valence-corrected chi connectivity index (χ3v) is 4.50. The van der Waals surface area contributed by atoms with Crippen LogP contribution in [0.4, 0.5) is 14.5 Å². The van der Waals surface area contributed by atoms with Crippen molar-refractivity contribution in [2.24, 2.45) is 0 Å². The molecule has 0 aromatic heterocycles. The number of para-hydroxylation sites is 1. The summed E-state index contributed by atoms with van der Waals surface area (Å²) in [7, 11) is 0. The van der Waals surface area contributed by atoms with E-state index in [1.807, 2.05) is 24.3 Å². The molecule has 2 atom stereocenters. The average Bonchev–Trinajstić information content (AvgIpc) is 2.49. The van der Waals surface area contributed by atoms with Crippen molar-refractivity contribution in [2.45, 2.75) is 31.1 Å². The Kier molecular flexibility index (Phi) is 5.20. The first-order valence-electron chi connectivity index (χ1n) is 6.75. The van der Waals surface area contributed by atoms with Gasteiger partial charge in [-0.15, -0.1) is 0 Å². The van der Waals surface area contributed by atoms with Gasteiger partial charge in [-0.1, -0.05) is 32.0 Å². The fourth-order valence-electron chi connectivity index (χ4n) is 1.99. The van der Waals surface area contributed by atoms with Crippen molar-refractivity contribution in [3.8, 4) is 0 Å². The van der Waals surface area contributed by atoms with E-state index in [-0.39, 0.29) is 4.90 Å². The fraction of sp³-hybridized carbons (Fsp3) is 0.250. The Balaban J connectivity index is 2.23. The zero-order chi connectivity index (χ0) is 15.4.